The van der Waals surface area contributed by atoms with Crippen molar-refractivity contribution in [2.45, 2.75) is 26.3 Å². The van der Waals surface area contributed by atoms with E-state index in [1.807, 2.05) is 31.2 Å². The summed E-state index contributed by atoms with van der Waals surface area (Å²) in [5, 5.41) is 0. The molecule has 3 heterocycles. The summed E-state index contributed by atoms with van der Waals surface area (Å²) in [6, 6.07) is 17.8. The SMILES string of the molecule is Cc1ccc(/C=C2\Oc3c(ccc4c3CN(CCCc3ccccc3)CO4)C2=O)o1. The molecule has 1 aromatic heterocycles. The van der Waals surface area contributed by atoms with Crippen molar-refractivity contribution in [1.29, 1.82) is 0 Å². The van der Waals surface area contributed by atoms with Crippen LogP contribution in [0.15, 0.2) is 64.8 Å². The average molecular weight is 401 g/mol. The van der Waals surface area contributed by atoms with Crippen LogP contribution in [0.2, 0.25) is 0 Å². The predicted molar refractivity (Wildman–Crippen MR) is 113 cm³/mol. The fraction of sp³-hybridized carbons (Fsp3) is 0.240. The molecule has 0 bridgehead atoms. The van der Waals surface area contributed by atoms with E-state index in [9.17, 15) is 4.79 Å². The zero-order valence-electron chi connectivity index (χ0n) is 16.9. The Labute approximate surface area is 175 Å². The van der Waals surface area contributed by atoms with Crippen LogP contribution in [0.1, 0.15) is 39.4 Å². The van der Waals surface area contributed by atoms with E-state index >= 15 is 0 Å². The van der Waals surface area contributed by atoms with Gasteiger partial charge in [0, 0.05) is 19.2 Å². The molecule has 0 unspecified atom stereocenters. The molecule has 0 amide bonds. The summed E-state index contributed by atoms with van der Waals surface area (Å²) in [5.74, 6) is 2.96. The van der Waals surface area contributed by atoms with Crippen molar-refractivity contribution in [3.63, 3.8) is 0 Å². The number of Topliss-reactive ketones (excluding diaryl/α,β-unsaturated/α-hetero) is 1. The van der Waals surface area contributed by atoms with Gasteiger partial charge in [0.2, 0.25) is 5.78 Å². The summed E-state index contributed by atoms with van der Waals surface area (Å²) < 4.78 is 17.5. The topological polar surface area (TPSA) is 51.9 Å². The summed E-state index contributed by atoms with van der Waals surface area (Å²) in [7, 11) is 0. The first-order valence-corrected chi connectivity index (χ1v) is 10.2. The Kier molecular flexibility index (Phi) is 4.89. The molecule has 2 aromatic carbocycles. The van der Waals surface area contributed by atoms with Gasteiger partial charge in [-0.1, -0.05) is 30.3 Å². The molecule has 0 fully saturated rings. The number of nitrogens with zero attached hydrogens (tertiary/aromatic N) is 1. The molecule has 0 atom stereocenters. The van der Waals surface area contributed by atoms with Crippen molar-refractivity contribution >= 4 is 11.9 Å². The molecule has 5 nitrogen and oxygen atoms in total. The second-order valence-electron chi connectivity index (χ2n) is 7.72. The van der Waals surface area contributed by atoms with Crippen molar-refractivity contribution < 1.29 is 18.7 Å². The Morgan fingerprint density at radius 2 is 1.93 bits per heavy atom. The van der Waals surface area contributed by atoms with Gasteiger partial charge >= 0.3 is 0 Å². The van der Waals surface area contributed by atoms with Crippen LogP contribution in [0, 0.1) is 6.92 Å². The summed E-state index contributed by atoms with van der Waals surface area (Å²) in [4.78, 5) is 15.1. The van der Waals surface area contributed by atoms with Crippen LogP contribution in [-0.2, 0) is 13.0 Å². The third kappa shape index (κ3) is 3.64. The third-order valence-electron chi connectivity index (χ3n) is 5.50. The third-order valence-corrected chi connectivity index (χ3v) is 5.50. The summed E-state index contributed by atoms with van der Waals surface area (Å²) in [5.41, 5.74) is 2.86. The van der Waals surface area contributed by atoms with Crippen molar-refractivity contribution in [3.05, 3.63) is 88.6 Å². The van der Waals surface area contributed by atoms with Gasteiger partial charge in [-0.25, -0.2) is 0 Å². The first-order valence-electron chi connectivity index (χ1n) is 10.2. The van der Waals surface area contributed by atoms with E-state index in [1.165, 1.54) is 5.56 Å². The number of hydrogen-bond donors (Lipinski definition) is 0. The lowest BCUT2D eigenvalue weighted by atomic mass is 10.0. The Bertz CT molecular complexity index is 1110. The Hall–Kier alpha value is -3.31. The van der Waals surface area contributed by atoms with Crippen molar-refractivity contribution in [1.82, 2.24) is 4.90 Å². The first-order chi connectivity index (χ1) is 14.7. The van der Waals surface area contributed by atoms with Crippen LogP contribution in [0.5, 0.6) is 11.5 Å². The fourth-order valence-corrected chi connectivity index (χ4v) is 3.96. The van der Waals surface area contributed by atoms with Gasteiger partial charge < -0.3 is 13.9 Å². The van der Waals surface area contributed by atoms with E-state index < -0.39 is 0 Å². The first kappa shape index (κ1) is 18.7. The number of carbonyl (C=O) groups excluding carboxylic acids is 1. The van der Waals surface area contributed by atoms with Crippen LogP contribution >= 0.6 is 0 Å². The van der Waals surface area contributed by atoms with Crippen molar-refractivity contribution in [3.8, 4) is 11.5 Å². The standard InChI is InChI=1S/C25H23NO4/c1-17-9-10-19(29-17)14-23-24(27)20-11-12-22-21(25(20)30-23)15-26(16-28-22)13-5-8-18-6-3-2-4-7-18/h2-4,6-7,9-12,14H,5,8,13,15-16H2,1H3/b23-14-. The van der Waals surface area contributed by atoms with E-state index in [0.717, 1.165) is 36.5 Å². The number of ketones is 1. The van der Waals surface area contributed by atoms with Gasteiger partial charge in [0.1, 0.15) is 29.8 Å². The maximum Gasteiger partial charge on any atom is 0.232 e. The molecule has 2 aliphatic heterocycles. The summed E-state index contributed by atoms with van der Waals surface area (Å²) in [6.45, 7) is 4.03. The molecule has 0 radical (unpaired) electrons. The van der Waals surface area contributed by atoms with E-state index in [1.54, 1.807) is 12.1 Å². The Morgan fingerprint density at radius 3 is 2.73 bits per heavy atom. The van der Waals surface area contributed by atoms with Gasteiger partial charge in [-0.15, -0.1) is 0 Å². The van der Waals surface area contributed by atoms with Crippen LogP contribution in [-0.4, -0.2) is 24.0 Å². The van der Waals surface area contributed by atoms with Crippen LogP contribution < -0.4 is 9.47 Å². The summed E-state index contributed by atoms with van der Waals surface area (Å²) >= 11 is 0. The number of furan rings is 1. The second kappa shape index (κ2) is 7.84. The van der Waals surface area contributed by atoms with Crippen molar-refractivity contribution in [2.75, 3.05) is 13.3 Å². The Balaban J connectivity index is 1.31. The second-order valence-corrected chi connectivity index (χ2v) is 7.72. The minimum absolute atomic E-state index is 0.122. The minimum Gasteiger partial charge on any atom is -0.478 e. The normalized spacial score (nSPS) is 16.8. The largest absolute Gasteiger partial charge is 0.478 e. The van der Waals surface area contributed by atoms with Gasteiger partial charge in [0.05, 0.1) is 11.1 Å². The molecule has 5 heteroatoms. The maximum absolute atomic E-state index is 12.8. The highest BCUT2D eigenvalue weighted by Crippen LogP contribution is 2.42. The highest BCUT2D eigenvalue weighted by atomic mass is 16.5. The van der Waals surface area contributed by atoms with Gasteiger partial charge in [0.15, 0.2) is 5.76 Å². The molecular formula is C25H23NO4. The predicted octanol–water partition coefficient (Wildman–Crippen LogP) is 4.99. The molecule has 30 heavy (non-hydrogen) atoms. The average Bonchev–Trinajstić information content (AvgIpc) is 3.32. The lowest BCUT2D eigenvalue weighted by molar-refractivity contribution is 0.0928. The number of fused-ring (bicyclic) bond motifs is 3. The fourth-order valence-electron chi connectivity index (χ4n) is 3.96. The molecule has 0 saturated heterocycles. The number of allylic oxidation sites excluding steroid dienone is 1. The monoisotopic (exact) mass is 401 g/mol. The van der Waals surface area contributed by atoms with Gasteiger partial charge in [-0.05, 0) is 49.6 Å². The number of aryl methyl sites for hydroxylation is 2. The van der Waals surface area contributed by atoms with E-state index in [0.29, 0.717) is 30.3 Å². The van der Waals surface area contributed by atoms with E-state index in [4.69, 9.17) is 13.9 Å². The lowest BCUT2D eigenvalue weighted by Crippen LogP contribution is -2.33. The Morgan fingerprint density at radius 1 is 1.07 bits per heavy atom. The van der Waals surface area contributed by atoms with Gasteiger partial charge in [-0.2, -0.15) is 0 Å². The van der Waals surface area contributed by atoms with Crippen LogP contribution in [0.25, 0.3) is 6.08 Å². The summed E-state index contributed by atoms with van der Waals surface area (Å²) in [6.07, 6.45) is 3.73. The van der Waals surface area contributed by atoms with Gasteiger partial charge in [0.25, 0.3) is 0 Å². The number of rotatable bonds is 5. The molecule has 152 valence electrons. The number of benzene rings is 2. The number of ether oxygens (including phenoxy) is 2. The quantitative estimate of drug-likeness (QED) is 0.564. The van der Waals surface area contributed by atoms with Crippen LogP contribution in [0.3, 0.4) is 0 Å². The van der Waals surface area contributed by atoms with E-state index in [-0.39, 0.29) is 11.5 Å². The van der Waals surface area contributed by atoms with Crippen molar-refractivity contribution in [2.24, 2.45) is 0 Å². The minimum atomic E-state index is -0.122. The maximum atomic E-state index is 12.8. The molecule has 3 aromatic rings. The molecule has 5 rings (SSSR count). The molecule has 0 spiro atoms. The molecular weight excluding hydrogens is 378 g/mol. The lowest BCUT2D eigenvalue weighted by Gasteiger charge is -2.29. The zero-order valence-corrected chi connectivity index (χ0v) is 16.9. The highest BCUT2D eigenvalue weighted by Gasteiger charge is 2.33. The molecule has 2 aliphatic rings. The zero-order chi connectivity index (χ0) is 20.5. The van der Waals surface area contributed by atoms with Crippen LogP contribution in [0.4, 0.5) is 0 Å². The number of carbonyl (C=O) groups is 1. The van der Waals surface area contributed by atoms with E-state index in [2.05, 4.69) is 29.2 Å². The smallest absolute Gasteiger partial charge is 0.232 e. The molecule has 0 aliphatic carbocycles. The number of hydrogen-bond acceptors (Lipinski definition) is 5. The van der Waals surface area contributed by atoms with Gasteiger partial charge in [-0.3, -0.25) is 9.69 Å². The molecule has 0 saturated carbocycles. The highest BCUT2D eigenvalue weighted by molar-refractivity contribution is 6.14. The molecule has 0 N–H and O–H groups in total.